The van der Waals surface area contributed by atoms with Crippen molar-refractivity contribution >= 4 is 23.1 Å². The highest BCUT2D eigenvalue weighted by molar-refractivity contribution is 8.13. The van der Waals surface area contributed by atoms with Crippen LogP contribution in [0.1, 0.15) is 37.5 Å². The number of thioether (sulfide) groups is 1. The molecule has 0 N–H and O–H groups in total. The highest BCUT2D eigenvalue weighted by Crippen LogP contribution is 2.41. The fraction of sp³-hybridized carbons (Fsp3) is 0.556. The summed E-state index contributed by atoms with van der Waals surface area (Å²) in [4.78, 5) is 27.9. The third-order valence-corrected chi connectivity index (χ3v) is 4.82. The van der Waals surface area contributed by atoms with E-state index in [0.29, 0.717) is 10.6 Å². The van der Waals surface area contributed by atoms with Gasteiger partial charge in [-0.1, -0.05) is 26.8 Å². The van der Waals surface area contributed by atoms with Gasteiger partial charge in [0.2, 0.25) is 0 Å². The molecule has 0 aliphatic rings. The van der Waals surface area contributed by atoms with Gasteiger partial charge in [-0.15, -0.1) is 0 Å². The highest BCUT2D eigenvalue weighted by Gasteiger charge is 2.26. The molecule has 0 spiro atoms. The molecule has 0 radical (unpaired) electrons. The smallest absolute Gasteiger partial charge is 0.409 e. The fourth-order valence-electron chi connectivity index (χ4n) is 2.25. The molecule has 134 valence electrons. The molecular formula is C18H28N2O3S. The molecule has 0 fully saturated rings. The third-order valence-electron chi connectivity index (χ3n) is 3.59. The van der Waals surface area contributed by atoms with Gasteiger partial charge >= 0.3 is 6.09 Å². The number of rotatable bonds is 2. The van der Waals surface area contributed by atoms with Crippen LogP contribution in [-0.4, -0.2) is 49.3 Å². The number of carbonyl (C=O) groups is 2. The Morgan fingerprint density at radius 2 is 1.58 bits per heavy atom. The van der Waals surface area contributed by atoms with Crippen molar-refractivity contribution in [2.75, 3.05) is 28.2 Å². The van der Waals surface area contributed by atoms with Crippen LogP contribution < -0.4 is 4.74 Å². The number of aryl methyl sites for hydroxylation is 1. The van der Waals surface area contributed by atoms with Gasteiger partial charge in [-0.2, -0.15) is 0 Å². The largest absolute Gasteiger partial charge is 0.414 e. The molecule has 5 nitrogen and oxygen atoms in total. The lowest BCUT2D eigenvalue weighted by Crippen LogP contribution is -2.26. The van der Waals surface area contributed by atoms with Crippen LogP contribution in [0.5, 0.6) is 5.75 Å². The standard InChI is InChI=1S/C18H28N2O3S/c1-11-10-13(18(3,4)5)12(2)15(24-17(22)20(8)9)14(11)23-16(21)19(6)7/h10H,1-9H3. The van der Waals surface area contributed by atoms with Gasteiger partial charge in [0.05, 0.1) is 4.90 Å². The van der Waals surface area contributed by atoms with Gasteiger partial charge in [0.15, 0.2) is 0 Å². The number of hydrogen-bond acceptors (Lipinski definition) is 4. The van der Waals surface area contributed by atoms with E-state index in [1.165, 1.54) is 9.80 Å². The summed E-state index contributed by atoms with van der Waals surface area (Å²) in [6, 6.07) is 2.04. The van der Waals surface area contributed by atoms with Crippen molar-refractivity contribution in [1.29, 1.82) is 0 Å². The van der Waals surface area contributed by atoms with Crippen LogP contribution in [0, 0.1) is 13.8 Å². The summed E-state index contributed by atoms with van der Waals surface area (Å²) in [6.07, 6.45) is -0.458. The first-order valence-electron chi connectivity index (χ1n) is 7.79. The molecule has 0 bridgehead atoms. The lowest BCUT2D eigenvalue weighted by Gasteiger charge is -2.26. The molecule has 24 heavy (non-hydrogen) atoms. The van der Waals surface area contributed by atoms with Gasteiger partial charge in [-0.3, -0.25) is 4.79 Å². The second-order valence-electron chi connectivity index (χ2n) is 7.30. The van der Waals surface area contributed by atoms with Crippen LogP contribution in [0.25, 0.3) is 0 Å². The summed E-state index contributed by atoms with van der Waals surface area (Å²) in [7, 11) is 6.67. The van der Waals surface area contributed by atoms with Gasteiger partial charge in [-0.25, -0.2) is 4.79 Å². The van der Waals surface area contributed by atoms with E-state index in [0.717, 1.165) is 28.5 Å². The Balaban J connectivity index is 3.53. The van der Waals surface area contributed by atoms with Crippen LogP contribution in [0.4, 0.5) is 9.59 Å². The van der Waals surface area contributed by atoms with E-state index in [1.807, 2.05) is 19.9 Å². The van der Waals surface area contributed by atoms with E-state index in [9.17, 15) is 9.59 Å². The Morgan fingerprint density at radius 3 is 2.00 bits per heavy atom. The molecule has 0 saturated heterocycles. The summed E-state index contributed by atoms with van der Waals surface area (Å²) >= 11 is 1.09. The number of hydrogen-bond donors (Lipinski definition) is 0. The normalized spacial score (nSPS) is 11.2. The van der Waals surface area contributed by atoms with Crippen molar-refractivity contribution < 1.29 is 14.3 Å². The molecule has 1 rings (SSSR count). The van der Waals surface area contributed by atoms with E-state index in [-0.39, 0.29) is 10.7 Å². The number of amides is 2. The van der Waals surface area contributed by atoms with Gasteiger partial charge in [0, 0.05) is 28.2 Å². The number of carbonyl (C=O) groups excluding carboxylic acids is 2. The minimum absolute atomic E-state index is 0.0740. The minimum atomic E-state index is -0.458. The third kappa shape index (κ3) is 4.66. The van der Waals surface area contributed by atoms with E-state index >= 15 is 0 Å². The molecular weight excluding hydrogens is 324 g/mol. The number of nitrogens with zero attached hydrogens (tertiary/aromatic N) is 2. The average molecular weight is 353 g/mol. The SMILES string of the molecule is Cc1cc(C(C)(C)C)c(C)c(SC(=O)N(C)C)c1OC(=O)N(C)C. The van der Waals surface area contributed by atoms with Gasteiger partial charge in [0.25, 0.3) is 5.24 Å². The van der Waals surface area contributed by atoms with Crippen molar-refractivity contribution in [3.63, 3.8) is 0 Å². The zero-order chi connectivity index (χ0) is 18.8. The molecule has 2 amide bonds. The van der Waals surface area contributed by atoms with Crippen molar-refractivity contribution in [2.24, 2.45) is 0 Å². The monoisotopic (exact) mass is 352 g/mol. The van der Waals surface area contributed by atoms with E-state index < -0.39 is 6.09 Å². The fourth-order valence-corrected chi connectivity index (χ4v) is 3.16. The van der Waals surface area contributed by atoms with Crippen molar-refractivity contribution in [1.82, 2.24) is 9.80 Å². The number of ether oxygens (including phenoxy) is 1. The molecule has 6 heteroatoms. The summed E-state index contributed by atoms with van der Waals surface area (Å²) in [6.45, 7) is 10.3. The molecule has 1 aromatic carbocycles. The Kier molecular flexibility index (Phi) is 6.33. The first kappa shape index (κ1) is 20.4. The summed E-state index contributed by atoms with van der Waals surface area (Å²) in [5, 5.41) is -0.106. The van der Waals surface area contributed by atoms with Crippen molar-refractivity contribution in [3.05, 3.63) is 22.8 Å². The molecule has 0 atom stereocenters. The molecule has 0 unspecified atom stereocenters. The lowest BCUT2D eigenvalue weighted by atomic mass is 9.83. The molecule has 0 saturated carbocycles. The quantitative estimate of drug-likeness (QED) is 0.739. The maximum atomic E-state index is 12.2. The van der Waals surface area contributed by atoms with Crippen LogP contribution in [-0.2, 0) is 5.41 Å². The Morgan fingerprint density at radius 1 is 1.04 bits per heavy atom. The average Bonchev–Trinajstić information content (AvgIpc) is 2.44. The van der Waals surface area contributed by atoms with Crippen LogP contribution in [0.2, 0.25) is 0 Å². The van der Waals surface area contributed by atoms with Crippen molar-refractivity contribution in [2.45, 2.75) is 44.9 Å². The molecule has 1 aromatic rings. The first-order chi connectivity index (χ1) is 10.9. The van der Waals surface area contributed by atoms with E-state index in [2.05, 4.69) is 20.8 Å². The van der Waals surface area contributed by atoms with Crippen molar-refractivity contribution in [3.8, 4) is 5.75 Å². The van der Waals surface area contributed by atoms with Crippen LogP contribution >= 0.6 is 11.8 Å². The summed E-state index contributed by atoms with van der Waals surface area (Å²) in [5.74, 6) is 0.458. The maximum absolute atomic E-state index is 12.2. The Bertz CT molecular complexity index is 647. The van der Waals surface area contributed by atoms with E-state index in [4.69, 9.17) is 4.74 Å². The zero-order valence-electron chi connectivity index (χ0n) is 16.1. The van der Waals surface area contributed by atoms with Crippen LogP contribution in [0.15, 0.2) is 11.0 Å². The van der Waals surface area contributed by atoms with Gasteiger partial charge < -0.3 is 14.5 Å². The van der Waals surface area contributed by atoms with Gasteiger partial charge in [0.1, 0.15) is 5.75 Å². The highest BCUT2D eigenvalue weighted by atomic mass is 32.2. The second kappa shape index (κ2) is 7.47. The van der Waals surface area contributed by atoms with Crippen LogP contribution in [0.3, 0.4) is 0 Å². The molecule has 0 aliphatic carbocycles. The predicted molar refractivity (Wildman–Crippen MR) is 99.3 cm³/mol. The second-order valence-corrected chi connectivity index (χ2v) is 8.26. The van der Waals surface area contributed by atoms with E-state index in [1.54, 1.807) is 28.2 Å². The topological polar surface area (TPSA) is 49.9 Å². The minimum Gasteiger partial charge on any atom is -0.409 e. The van der Waals surface area contributed by atoms with Gasteiger partial charge in [-0.05, 0) is 47.7 Å². The molecule has 0 aliphatic heterocycles. The number of benzene rings is 1. The molecule has 0 heterocycles. The zero-order valence-corrected chi connectivity index (χ0v) is 16.9. The lowest BCUT2D eigenvalue weighted by molar-refractivity contribution is 0.170. The predicted octanol–water partition coefficient (Wildman–Crippen LogP) is 4.44. The first-order valence-corrected chi connectivity index (χ1v) is 8.60. The maximum Gasteiger partial charge on any atom is 0.414 e. The Hall–Kier alpha value is -1.69. The molecule has 0 aromatic heterocycles. The summed E-state index contributed by atoms with van der Waals surface area (Å²) < 4.78 is 5.56. The Labute approximate surface area is 149 Å². The summed E-state index contributed by atoms with van der Waals surface area (Å²) in [5.41, 5.74) is 2.87.